The minimum atomic E-state index is -3.53. The van der Waals surface area contributed by atoms with Crippen LogP contribution in [0.25, 0.3) is 10.4 Å². The Morgan fingerprint density at radius 2 is 1.67 bits per heavy atom. The second-order valence-corrected chi connectivity index (χ2v) is 12.7. The average molecular weight is 535 g/mol. The van der Waals surface area contributed by atoms with Crippen molar-refractivity contribution in [1.29, 1.82) is 0 Å². The summed E-state index contributed by atoms with van der Waals surface area (Å²) in [7, 11) is -3.53. The number of rotatable bonds is 7. The molecule has 1 aliphatic carbocycles. The quantitative estimate of drug-likeness (QED) is 0.367. The Hall–Kier alpha value is -2.18. The summed E-state index contributed by atoms with van der Waals surface area (Å²) in [5.74, 6) is -0.324. The molecule has 2 fully saturated rings. The predicted octanol–water partition coefficient (Wildman–Crippen LogP) is 2.60. The Labute approximate surface area is 212 Å². The fourth-order valence-corrected chi connectivity index (χ4v) is 7.46. The summed E-state index contributed by atoms with van der Waals surface area (Å²) in [6, 6.07) is 14.7. The van der Waals surface area contributed by atoms with Crippen molar-refractivity contribution in [2.45, 2.75) is 59.9 Å². The lowest BCUT2D eigenvalue weighted by molar-refractivity contribution is -0.231. The van der Waals surface area contributed by atoms with Crippen LogP contribution in [0.5, 0.6) is 0 Å². The van der Waals surface area contributed by atoms with E-state index in [2.05, 4.69) is 0 Å². The maximum atomic E-state index is 13.3. The summed E-state index contributed by atoms with van der Waals surface area (Å²) in [4.78, 5) is 2.03. The molecule has 0 amide bonds. The van der Waals surface area contributed by atoms with Crippen molar-refractivity contribution in [3.8, 4) is 10.4 Å². The average Bonchev–Trinajstić information content (AvgIpc) is 3.64. The molecule has 1 saturated carbocycles. The van der Waals surface area contributed by atoms with E-state index in [4.69, 9.17) is 4.74 Å². The fraction of sp³-hybridized carbons (Fsp3) is 0.385. The molecule has 36 heavy (non-hydrogen) atoms. The molecule has 192 valence electrons. The van der Waals surface area contributed by atoms with Crippen molar-refractivity contribution in [3.63, 3.8) is 0 Å². The van der Waals surface area contributed by atoms with Crippen LogP contribution < -0.4 is 0 Å². The van der Waals surface area contributed by atoms with Gasteiger partial charge in [0.25, 0.3) is 0 Å². The van der Waals surface area contributed by atoms with Crippen molar-refractivity contribution in [1.82, 2.24) is 0 Å². The summed E-state index contributed by atoms with van der Waals surface area (Å²) >= 11 is 1.47. The third kappa shape index (κ3) is 4.87. The van der Waals surface area contributed by atoms with E-state index in [0.717, 1.165) is 15.3 Å². The highest BCUT2D eigenvalue weighted by atomic mass is 32.2. The van der Waals surface area contributed by atoms with Crippen LogP contribution in [0.4, 0.5) is 4.39 Å². The van der Waals surface area contributed by atoms with Gasteiger partial charge in [-0.15, -0.1) is 11.3 Å². The normalized spacial score (nSPS) is 26.8. The van der Waals surface area contributed by atoms with Crippen LogP contribution in [-0.4, -0.2) is 65.1 Å². The van der Waals surface area contributed by atoms with Crippen LogP contribution in [0.15, 0.2) is 59.5 Å². The fourth-order valence-electron chi connectivity index (χ4n) is 4.56. The van der Waals surface area contributed by atoms with Crippen LogP contribution in [0.2, 0.25) is 0 Å². The Kier molecular flexibility index (Phi) is 7.03. The van der Waals surface area contributed by atoms with Crippen LogP contribution >= 0.6 is 11.3 Å². The topological polar surface area (TPSA) is 124 Å². The van der Waals surface area contributed by atoms with Gasteiger partial charge < -0.3 is 25.2 Å². The molecule has 1 aliphatic heterocycles. The summed E-state index contributed by atoms with van der Waals surface area (Å²) < 4.78 is 45.4. The predicted molar refractivity (Wildman–Crippen MR) is 132 cm³/mol. The molecule has 5 rings (SSSR count). The van der Waals surface area contributed by atoms with E-state index in [1.165, 1.54) is 29.5 Å². The highest BCUT2D eigenvalue weighted by Gasteiger charge is 2.44. The monoisotopic (exact) mass is 534 g/mol. The standard InChI is InChI=1S/C26H27FO7S2/c27-17-4-1-14(2-5-17)21-9-6-18(35-21)12-16-11-15(3-10-22(16)36(32,33)19-7-8-19)26-25(31)24(30)23(29)20(13-28)34-26/h1-6,9-11,19-20,23-26,28-31H,7-8,12-13H2/t20-,23-,24+,25-,26+/m1/s1. The molecule has 2 aromatic carbocycles. The zero-order chi connectivity index (χ0) is 25.6. The van der Waals surface area contributed by atoms with E-state index < -0.39 is 52.2 Å². The van der Waals surface area contributed by atoms with Crippen LogP contribution in [0.1, 0.15) is 34.9 Å². The second kappa shape index (κ2) is 9.94. The van der Waals surface area contributed by atoms with Gasteiger partial charge in [0.2, 0.25) is 0 Å². The minimum Gasteiger partial charge on any atom is -0.394 e. The van der Waals surface area contributed by atoms with Crippen molar-refractivity contribution >= 4 is 21.2 Å². The van der Waals surface area contributed by atoms with Crippen molar-refractivity contribution in [2.24, 2.45) is 0 Å². The molecule has 0 bridgehead atoms. The highest BCUT2D eigenvalue weighted by Crippen LogP contribution is 2.39. The molecule has 3 aromatic rings. The molecule has 7 nitrogen and oxygen atoms in total. The van der Waals surface area contributed by atoms with E-state index in [1.807, 2.05) is 12.1 Å². The lowest BCUT2D eigenvalue weighted by Gasteiger charge is -2.40. The van der Waals surface area contributed by atoms with E-state index in [-0.39, 0.29) is 10.7 Å². The van der Waals surface area contributed by atoms with Gasteiger partial charge in [0.1, 0.15) is 36.3 Å². The van der Waals surface area contributed by atoms with Crippen molar-refractivity contribution in [2.75, 3.05) is 6.61 Å². The number of hydrogen-bond donors (Lipinski definition) is 4. The van der Waals surface area contributed by atoms with Gasteiger partial charge in [-0.1, -0.05) is 24.3 Å². The molecule has 5 atom stereocenters. The first-order valence-corrected chi connectivity index (χ1v) is 14.1. The third-order valence-corrected chi connectivity index (χ3v) is 10.2. The van der Waals surface area contributed by atoms with Gasteiger partial charge in [0.15, 0.2) is 9.84 Å². The van der Waals surface area contributed by atoms with Crippen molar-refractivity contribution in [3.05, 3.63) is 76.4 Å². The SMILES string of the molecule is O=S(=O)(c1ccc([C@@H]2O[C@H](CO)[C@@H](O)[C@H](O)[C@H]2O)cc1Cc1ccc(-c2ccc(F)cc2)s1)C1CC1. The molecule has 1 saturated heterocycles. The molecular formula is C26H27FO7S2. The third-order valence-electron chi connectivity index (χ3n) is 6.73. The summed E-state index contributed by atoms with van der Waals surface area (Å²) in [6.45, 7) is -0.552. The number of ether oxygens (including phenoxy) is 1. The lowest BCUT2D eigenvalue weighted by Crippen LogP contribution is -2.55. The van der Waals surface area contributed by atoms with Crippen LogP contribution in [0, 0.1) is 5.82 Å². The Bertz CT molecular complexity index is 1330. The van der Waals surface area contributed by atoms with Crippen molar-refractivity contribution < 1.29 is 38.0 Å². The van der Waals surface area contributed by atoms with E-state index in [9.17, 15) is 33.2 Å². The molecule has 1 aromatic heterocycles. The van der Waals surface area contributed by atoms with E-state index in [1.54, 1.807) is 24.3 Å². The van der Waals surface area contributed by atoms with Gasteiger partial charge in [0, 0.05) is 16.2 Å². The van der Waals surface area contributed by atoms with Crippen LogP contribution in [0.3, 0.4) is 0 Å². The number of halogens is 1. The number of hydrogen-bond acceptors (Lipinski definition) is 8. The molecular weight excluding hydrogens is 507 g/mol. The van der Waals surface area contributed by atoms with Gasteiger partial charge in [-0.2, -0.15) is 0 Å². The lowest BCUT2D eigenvalue weighted by atomic mass is 9.90. The molecule has 0 radical (unpaired) electrons. The summed E-state index contributed by atoms with van der Waals surface area (Å²) in [6.07, 6.45) is -5.07. The number of benzene rings is 2. The minimum absolute atomic E-state index is 0.218. The second-order valence-electron chi connectivity index (χ2n) is 9.31. The number of thiophene rings is 1. The zero-order valence-corrected chi connectivity index (χ0v) is 20.8. The first-order valence-electron chi connectivity index (χ1n) is 11.7. The Morgan fingerprint density at radius 1 is 0.944 bits per heavy atom. The van der Waals surface area contributed by atoms with Gasteiger partial charge in [0.05, 0.1) is 16.8 Å². The molecule has 2 aliphatic rings. The van der Waals surface area contributed by atoms with Gasteiger partial charge in [-0.25, -0.2) is 12.8 Å². The molecule has 2 heterocycles. The molecule has 4 N–H and O–H groups in total. The molecule has 0 unspecified atom stereocenters. The maximum Gasteiger partial charge on any atom is 0.181 e. The smallest absolute Gasteiger partial charge is 0.181 e. The first kappa shape index (κ1) is 25.5. The summed E-state index contributed by atoms with van der Waals surface area (Å²) in [5.41, 5.74) is 1.82. The number of sulfone groups is 1. The van der Waals surface area contributed by atoms with E-state index in [0.29, 0.717) is 30.4 Å². The van der Waals surface area contributed by atoms with Gasteiger partial charge in [-0.3, -0.25) is 0 Å². The Balaban J connectivity index is 1.50. The number of aliphatic hydroxyl groups excluding tert-OH is 4. The summed E-state index contributed by atoms with van der Waals surface area (Å²) in [5, 5.41) is 40.0. The Morgan fingerprint density at radius 3 is 2.33 bits per heavy atom. The van der Waals surface area contributed by atoms with E-state index >= 15 is 0 Å². The maximum absolute atomic E-state index is 13.3. The largest absolute Gasteiger partial charge is 0.394 e. The first-order chi connectivity index (χ1) is 17.2. The zero-order valence-electron chi connectivity index (χ0n) is 19.2. The number of aliphatic hydroxyl groups is 4. The van der Waals surface area contributed by atoms with Gasteiger partial charge in [-0.05, 0) is 59.9 Å². The highest BCUT2D eigenvalue weighted by molar-refractivity contribution is 7.92. The molecule has 0 spiro atoms. The van der Waals surface area contributed by atoms with Crippen LogP contribution in [-0.2, 0) is 21.0 Å². The molecule has 10 heteroatoms. The van der Waals surface area contributed by atoms with Gasteiger partial charge >= 0.3 is 0 Å².